The van der Waals surface area contributed by atoms with Crippen molar-refractivity contribution < 1.29 is 13.6 Å². The smallest absolute Gasteiger partial charge is 0.247 e. The van der Waals surface area contributed by atoms with Gasteiger partial charge in [-0.1, -0.05) is 30.3 Å². The van der Waals surface area contributed by atoms with Gasteiger partial charge >= 0.3 is 0 Å². The van der Waals surface area contributed by atoms with Gasteiger partial charge in [0.05, 0.1) is 11.1 Å². The number of hydrogen-bond donors (Lipinski definition) is 0. The van der Waals surface area contributed by atoms with E-state index >= 15 is 0 Å². The number of nitrogens with zero attached hydrogens (tertiary/aromatic N) is 5. The Hall–Kier alpha value is -4.33. The van der Waals surface area contributed by atoms with Crippen LogP contribution in [0.1, 0.15) is 12.5 Å². The molecule has 0 bridgehead atoms. The number of hydrogen-bond acceptors (Lipinski definition) is 5. The van der Waals surface area contributed by atoms with E-state index in [1.165, 1.54) is 18.5 Å². The minimum Gasteiger partial charge on any atom is -0.438 e. The van der Waals surface area contributed by atoms with Gasteiger partial charge in [0.25, 0.3) is 0 Å². The van der Waals surface area contributed by atoms with Gasteiger partial charge in [0.2, 0.25) is 11.6 Å². The van der Waals surface area contributed by atoms with E-state index in [1.54, 1.807) is 28.8 Å². The minimum atomic E-state index is -0.389. The van der Waals surface area contributed by atoms with Crippen molar-refractivity contribution in [3.8, 4) is 33.8 Å². The van der Waals surface area contributed by atoms with E-state index in [1.807, 2.05) is 42.6 Å². The van der Waals surface area contributed by atoms with Gasteiger partial charge in [0, 0.05) is 36.5 Å². The fourth-order valence-electron chi connectivity index (χ4n) is 4.41. The fraction of sp³-hybridized carbons (Fsp3) is 0.154. The van der Waals surface area contributed by atoms with Gasteiger partial charge in [0.1, 0.15) is 29.6 Å². The van der Waals surface area contributed by atoms with Crippen LogP contribution in [0.2, 0.25) is 0 Å². The summed E-state index contributed by atoms with van der Waals surface area (Å²) >= 11 is 0. The molecule has 1 saturated heterocycles. The summed E-state index contributed by atoms with van der Waals surface area (Å²) in [6, 6.07) is 17.4. The van der Waals surface area contributed by atoms with Crippen LogP contribution in [-0.4, -0.2) is 44.1 Å². The summed E-state index contributed by atoms with van der Waals surface area (Å²) in [5.74, 6) is 0.368. The Morgan fingerprint density at radius 2 is 1.79 bits per heavy atom. The van der Waals surface area contributed by atoms with E-state index in [4.69, 9.17) is 9.52 Å². The molecule has 0 saturated carbocycles. The third-order valence-corrected chi connectivity index (χ3v) is 6.21. The maximum absolute atomic E-state index is 13.6. The first-order chi connectivity index (χ1) is 16.6. The molecule has 1 amide bonds. The highest BCUT2D eigenvalue weighted by Gasteiger charge is 2.32. The lowest BCUT2D eigenvalue weighted by Gasteiger charge is -2.10. The molecule has 2 aromatic carbocycles. The predicted molar refractivity (Wildman–Crippen MR) is 125 cm³/mol. The first-order valence-corrected chi connectivity index (χ1v) is 11.0. The van der Waals surface area contributed by atoms with Crippen LogP contribution in [0.25, 0.3) is 44.9 Å². The molecule has 3 aromatic heterocycles. The van der Waals surface area contributed by atoms with Crippen molar-refractivity contribution in [3.05, 3.63) is 79.0 Å². The van der Waals surface area contributed by atoms with Gasteiger partial charge in [-0.2, -0.15) is 5.10 Å². The first-order valence-electron chi connectivity index (χ1n) is 11.0. The van der Waals surface area contributed by atoms with Crippen molar-refractivity contribution in [1.82, 2.24) is 24.6 Å². The maximum Gasteiger partial charge on any atom is 0.247 e. The lowest BCUT2D eigenvalue weighted by Crippen LogP contribution is -2.24. The molecule has 1 aliphatic rings. The number of furan rings is 1. The zero-order valence-corrected chi connectivity index (χ0v) is 18.4. The molecule has 8 heteroatoms. The lowest BCUT2D eigenvalue weighted by atomic mass is 10.0. The van der Waals surface area contributed by atoms with Crippen molar-refractivity contribution in [2.75, 3.05) is 13.6 Å². The summed E-state index contributed by atoms with van der Waals surface area (Å²) in [6.45, 7) is 0.671. The third-order valence-electron chi connectivity index (χ3n) is 6.21. The van der Waals surface area contributed by atoms with Gasteiger partial charge in [-0.3, -0.25) is 9.48 Å². The number of likely N-dealkylation sites (tertiary alicyclic amines) is 1. The Bertz CT molecular complexity index is 1510. The Morgan fingerprint density at radius 3 is 2.53 bits per heavy atom. The van der Waals surface area contributed by atoms with E-state index in [0.29, 0.717) is 35.8 Å². The van der Waals surface area contributed by atoms with Crippen LogP contribution >= 0.6 is 0 Å². The summed E-state index contributed by atoms with van der Waals surface area (Å²) < 4.78 is 21.4. The second-order valence-electron chi connectivity index (χ2n) is 8.36. The topological polar surface area (TPSA) is 77.1 Å². The third kappa shape index (κ3) is 3.35. The average molecular weight is 453 g/mol. The zero-order chi connectivity index (χ0) is 23.2. The van der Waals surface area contributed by atoms with E-state index < -0.39 is 0 Å². The number of likely N-dealkylation sites (N-methyl/N-ethyl adjacent to an activating group) is 1. The van der Waals surface area contributed by atoms with Gasteiger partial charge in [0.15, 0.2) is 0 Å². The molecule has 168 valence electrons. The molecule has 0 spiro atoms. The number of carbonyl (C=O) groups excluding carboxylic acids is 1. The normalized spacial score (nSPS) is 16.0. The first kappa shape index (κ1) is 20.3. The molecule has 1 atom stereocenters. The molecule has 34 heavy (non-hydrogen) atoms. The molecule has 0 aliphatic carbocycles. The highest BCUT2D eigenvalue weighted by Crippen LogP contribution is 2.38. The van der Waals surface area contributed by atoms with E-state index in [0.717, 1.165) is 22.1 Å². The maximum atomic E-state index is 13.6. The zero-order valence-electron chi connectivity index (χ0n) is 18.4. The Balaban J connectivity index is 1.54. The number of halogens is 1. The van der Waals surface area contributed by atoms with Gasteiger partial charge in [-0.05, 0) is 36.8 Å². The number of aromatic nitrogens is 4. The van der Waals surface area contributed by atoms with Crippen LogP contribution in [0.15, 0.2) is 77.6 Å². The summed E-state index contributed by atoms with van der Waals surface area (Å²) in [7, 11) is 1.79. The van der Waals surface area contributed by atoms with Crippen LogP contribution in [-0.2, 0) is 4.79 Å². The average Bonchev–Trinajstić information content (AvgIpc) is 3.57. The van der Waals surface area contributed by atoms with Crippen LogP contribution < -0.4 is 0 Å². The van der Waals surface area contributed by atoms with Crippen LogP contribution in [0.5, 0.6) is 0 Å². The highest BCUT2D eigenvalue weighted by atomic mass is 19.1. The van der Waals surface area contributed by atoms with Crippen molar-refractivity contribution in [1.29, 1.82) is 0 Å². The molecule has 0 N–H and O–H groups in total. The summed E-state index contributed by atoms with van der Waals surface area (Å²) in [5.41, 5.74) is 4.10. The molecule has 1 aliphatic heterocycles. The monoisotopic (exact) mass is 453 g/mol. The van der Waals surface area contributed by atoms with Crippen molar-refractivity contribution in [2.45, 2.75) is 12.5 Å². The number of benzene rings is 2. The van der Waals surface area contributed by atoms with Crippen molar-refractivity contribution in [2.24, 2.45) is 0 Å². The summed E-state index contributed by atoms with van der Waals surface area (Å²) in [6.07, 6.45) is 3.97. The quantitative estimate of drug-likeness (QED) is 0.384. The van der Waals surface area contributed by atoms with Gasteiger partial charge in [-0.25, -0.2) is 14.4 Å². The molecule has 4 heterocycles. The Kier molecular flexibility index (Phi) is 4.72. The number of carbonyl (C=O) groups is 1. The van der Waals surface area contributed by atoms with E-state index in [-0.39, 0.29) is 17.8 Å². The van der Waals surface area contributed by atoms with Gasteiger partial charge < -0.3 is 9.32 Å². The molecular formula is C26H20FN5O2. The van der Waals surface area contributed by atoms with Crippen LogP contribution in [0, 0.1) is 5.82 Å². The second kappa shape index (κ2) is 7.91. The largest absolute Gasteiger partial charge is 0.438 e. The SMILES string of the molecule is CN1CC[C@H](n2cc(-c3ncnc4oc(-c5ccccc5)cc34)c(-c3ccc(F)cc3)n2)C1=O. The predicted octanol–water partition coefficient (Wildman–Crippen LogP) is 4.96. The molecule has 1 fully saturated rings. The van der Waals surface area contributed by atoms with Crippen molar-refractivity contribution in [3.63, 3.8) is 0 Å². The minimum absolute atomic E-state index is 0.0159. The summed E-state index contributed by atoms with van der Waals surface area (Å²) in [4.78, 5) is 23.3. The molecule has 0 unspecified atom stereocenters. The summed E-state index contributed by atoms with van der Waals surface area (Å²) in [5, 5.41) is 5.52. The van der Waals surface area contributed by atoms with Crippen LogP contribution in [0.3, 0.4) is 0 Å². The van der Waals surface area contributed by atoms with E-state index in [9.17, 15) is 9.18 Å². The van der Waals surface area contributed by atoms with E-state index in [2.05, 4.69) is 9.97 Å². The number of rotatable bonds is 4. The second-order valence-corrected chi connectivity index (χ2v) is 8.36. The Labute approximate surface area is 194 Å². The van der Waals surface area contributed by atoms with Crippen LogP contribution in [0.4, 0.5) is 4.39 Å². The highest BCUT2D eigenvalue weighted by molar-refractivity contribution is 5.96. The number of amides is 1. The molecule has 6 rings (SSSR count). The molecule has 0 radical (unpaired) electrons. The van der Waals surface area contributed by atoms with Gasteiger partial charge in [-0.15, -0.1) is 0 Å². The fourth-order valence-corrected chi connectivity index (χ4v) is 4.41. The molecule has 5 aromatic rings. The standard InChI is InChI=1S/C26H20FN5O2/c1-31-12-11-21(26(31)33)32-14-20(23(30-32)17-7-9-18(27)10-8-17)24-19-13-22(16-5-3-2-4-6-16)34-25(19)29-15-28-24/h2-10,13-15,21H,11-12H2,1H3/t21-/m0/s1. The number of fused-ring (bicyclic) bond motifs is 1. The molecular weight excluding hydrogens is 433 g/mol. The molecule has 7 nitrogen and oxygen atoms in total. The lowest BCUT2D eigenvalue weighted by molar-refractivity contribution is -0.129. The van der Waals surface area contributed by atoms with Crippen molar-refractivity contribution >= 4 is 17.0 Å². The Morgan fingerprint density at radius 1 is 1.00 bits per heavy atom.